The Kier molecular flexibility index (Phi) is 7.22. The van der Waals surface area contributed by atoms with Crippen molar-refractivity contribution < 1.29 is 19.3 Å². The Morgan fingerprint density at radius 3 is 2.41 bits per heavy atom. The average molecular weight is 401 g/mol. The molecule has 0 radical (unpaired) electrons. The Morgan fingerprint density at radius 1 is 1.04 bits per heavy atom. The van der Waals surface area contributed by atoms with Gasteiger partial charge in [0.05, 0.1) is 32.5 Å². The molecular formula is C22H40O4S. The quantitative estimate of drug-likeness (QED) is 0.558. The van der Waals surface area contributed by atoms with Gasteiger partial charge in [-0.25, -0.2) is 0 Å². The van der Waals surface area contributed by atoms with Gasteiger partial charge in [-0.2, -0.15) is 11.8 Å². The second-order valence-electron chi connectivity index (χ2n) is 9.45. The van der Waals surface area contributed by atoms with Gasteiger partial charge in [0.15, 0.2) is 0 Å². The van der Waals surface area contributed by atoms with Gasteiger partial charge in [0.1, 0.15) is 0 Å². The Morgan fingerprint density at radius 2 is 1.78 bits per heavy atom. The highest BCUT2D eigenvalue weighted by molar-refractivity contribution is 8.00. The van der Waals surface area contributed by atoms with Crippen molar-refractivity contribution >= 4 is 11.8 Å². The zero-order valence-electron chi connectivity index (χ0n) is 17.8. The first kappa shape index (κ1) is 21.9. The van der Waals surface area contributed by atoms with E-state index in [4.69, 9.17) is 14.2 Å². The van der Waals surface area contributed by atoms with Crippen LogP contribution in [0.4, 0.5) is 0 Å². The van der Waals surface area contributed by atoms with Gasteiger partial charge in [-0.1, -0.05) is 26.2 Å². The van der Waals surface area contributed by atoms with Crippen LogP contribution in [0.3, 0.4) is 0 Å². The van der Waals surface area contributed by atoms with Gasteiger partial charge >= 0.3 is 0 Å². The summed E-state index contributed by atoms with van der Waals surface area (Å²) in [4.78, 5) is 0. The summed E-state index contributed by atoms with van der Waals surface area (Å²) in [6.07, 6.45) is 9.63. The zero-order chi connectivity index (χ0) is 19.5. The van der Waals surface area contributed by atoms with Gasteiger partial charge in [0.25, 0.3) is 0 Å². The molecule has 4 fully saturated rings. The van der Waals surface area contributed by atoms with E-state index in [-0.39, 0.29) is 28.3 Å². The van der Waals surface area contributed by atoms with Crippen LogP contribution < -0.4 is 0 Å². The first-order chi connectivity index (χ1) is 13.0. The van der Waals surface area contributed by atoms with E-state index in [2.05, 4.69) is 25.6 Å². The number of hydrogen-bond acceptors (Lipinski definition) is 5. The van der Waals surface area contributed by atoms with Crippen LogP contribution in [0, 0.1) is 22.7 Å². The molecule has 0 spiro atoms. The molecule has 4 aliphatic rings. The lowest BCUT2D eigenvalue weighted by molar-refractivity contribution is -0.318. The second kappa shape index (κ2) is 8.91. The third-order valence-electron chi connectivity index (χ3n) is 8.19. The van der Waals surface area contributed by atoms with E-state index in [1.54, 1.807) is 0 Å². The maximum absolute atomic E-state index is 9.27. The fraction of sp³-hybridized carbons (Fsp3) is 1.00. The van der Waals surface area contributed by atoms with Crippen molar-refractivity contribution in [2.45, 2.75) is 69.6 Å². The first-order valence-corrected chi connectivity index (χ1v) is 11.8. The lowest BCUT2D eigenvalue weighted by Gasteiger charge is -2.76. The smallest absolute Gasteiger partial charge is 0.0703 e. The normalized spacial score (nSPS) is 42.1. The lowest BCUT2D eigenvalue weighted by atomic mass is 9.34. The number of thioether (sulfide) groups is 1. The molecule has 27 heavy (non-hydrogen) atoms. The van der Waals surface area contributed by atoms with Crippen LogP contribution in [0.2, 0.25) is 0 Å². The van der Waals surface area contributed by atoms with E-state index in [0.717, 1.165) is 12.5 Å². The van der Waals surface area contributed by atoms with Gasteiger partial charge in [0, 0.05) is 29.8 Å². The summed E-state index contributed by atoms with van der Waals surface area (Å²) >= 11 is 2.18. The molecule has 4 rings (SSSR count). The largest absolute Gasteiger partial charge is 0.394 e. The Bertz CT molecular complexity index is 483. The van der Waals surface area contributed by atoms with E-state index in [9.17, 15) is 5.11 Å². The predicted octanol–water partition coefficient (Wildman–Crippen LogP) is 4.15. The van der Waals surface area contributed by atoms with Gasteiger partial charge in [-0.05, 0) is 50.2 Å². The van der Waals surface area contributed by atoms with Gasteiger partial charge in [-0.15, -0.1) is 0 Å². The standard InChI is InChI=1S/C22H40O4S/c1-20(15-24-3)18-10-11-21(2,27-14-17-8-6-5-7-9-17)22(20,19(18)25-4)16-26-13-12-23/h17-19,23H,5-16H2,1-4H3. The number of aliphatic hydroxyl groups is 1. The summed E-state index contributed by atoms with van der Waals surface area (Å²) < 4.78 is 18.0. The topological polar surface area (TPSA) is 47.9 Å². The molecule has 1 N–H and O–H groups in total. The van der Waals surface area contributed by atoms with E-state index in [1.165, 1.54) is 50.7 Å². The van der Waals surface area contributed by atoms with Gasteiger partial charge < -0.3 is 19.3 Å². The molecule has 5 atom stereocenters. The molecular weight excluding hydrogens is 360 g/mol. The molecule has 0 aromatic carbocycles. The molecule has 4 aliphatic carbocycles. The van der Waals surface area contributed by atoms with Crippen molar-refractivity contribution in [2.24, 2.45) is 22.7 Å². The van der Waals surface area contributed by atoms with Gasteiger partial charge in [-0.3, -0.25) is 0 Å². The molecule has 5 heteroatoms. The minimum Gasteiger partial charge on any atom is -0.394 e. The highest BCUT2D eigenvalue weighted by atomic mass is 32.2. The molecule has 0 heterocycles. The molecule has 0 amide bonds. The zero-order valence-corrected chi connectivity index (χ0v) is 18.6. The van der Waals surface area contributed by atoms with Crippen molar-refractivity contribution in [1.29, 1.82) is 0 Å². The van der Waals surface area contributed by atoms with Crippen LogP contribution in [0.1, 0.15) is 58.8 Å². The van der Waals surface area contributed by atoms with Crippen molar-refractivity contribution in [3.63, 3.8) is 0 Å². The monoisotopic (exact) mass is 400 g/mol. The van der Waals surface area contributed by atoms with E-state index in [1.807, 2.05) is 14.2 Å². The third-order valence-corrected chi connectivity index (χ3v) is 10.0. The van der Waals surface area contributed by atoms with Gasteiger partial charge in [0.2, 0.25) is 0 Å². The maximum atomic E-state index is 9.27. The van der Waals surface area contributed by atoms with Crippen molar-refractivity contribution in [2.75, 3.05) is 46.4 Å². The van der Waals surface area contributed by atoms with Crippen LogP contribution in [-0.4, -0.2) is 62.4 Å². The summed E-state index contributed by atoms with van der Waals surface area (Å²) in [7, 11) is 3.68. The highest BCUT2D eigenvalue weighted by Crippen LogP contribution is 2.75. The molecule has 2 bridgehead atoms. The van der Waals surface area contributed by atoms with Crippen LogP contribution in [0.25, 0.3) is 0 Å². The fourth-order valence-corrected chi connectivity index (χ4v) is 8.59. The SMILES string of the molecule is COCC1(C)C2CCC(C)(SCC3CCCCC3)C1(COCCO)C2OC. The van der Waals surface area contributed by atoms with Crippen LogP contribution in [-0.2, 0) is 14.2 Å². The number of hydrogen-bond donors (Lipinski definition) is 1. The van der Waals surface area contributed by atoms with Crippen molar-refractivity contribution in [3.8, 4) is 0 Å². The number of fused-ring (bicyclic) bond motifs is 2. The first-order valence-electron chi connectivity index (χ1n) is 10.8. The summed E-state index contributed by atoms with van der Waals surface area (Å²) in [5.74, 6) is 2.65. The van der Waals surface area contributed by atoms with E-state index >= 15 is 0 Å². The minimum atomic E-state index is -0.0673. The second-order valence-corrected chi connectivity index (χ2v) is 11.0. The number of aliphatic hydroxyl groups excluding tert-OH is 1. The number of methoxy groups -OCH3 is 2. The number of ether oxygens (including phenoxy) is 3. The Balaban J connectivity index is 1.84. The molecule has 4 saturated carbocycles. The summed E-state index contributed by atoms with van der Waals surface area (Å²) in [5.41, 5.74) is -0.00731. The average Bonchev–Trinajstić information content (AvgIpc) is 2.68. The molecule has 158 valence electrons. The van der Waals surface area contributed by atoms with Crippen LogP contribution >= 0.6 is 11.8 Å². The predicted molar refractivity (Wildman–Crippen MR) is 111 cm³/mol. The summed E-state index contributed by atoms with van der Waals surface area (Å²) in [6, 6.07) is 0. The number of rotatable bonds is 10. The van der Waals surface area contributed by atoms with E-state index < -0.39 is 0 Å². The minimum absolute atomic E-state index is 0.0600. The molecule has 0 saturated heterocycles. The lowest BCUT2D eigenvalue weighted by Crippen LogP contribution is -2.81. The van der Waals surface area contributed by atoms with Crippen molar-refractivity contribution in [1.82, 2.24) is 0 Å². The Labute approximate surface area is 170 Å². The molecule has 0 aliphatic heterocycles. The highest BCUT2D eigenvalue weighted by Gasteiger charge is 2.78. The molecule has 0 aromatic rings. The maximum Gasteiger partial charge on any atom is 0.0703 e. The third kappa shape index (κ3) is 3.50. The van der Waals surface area contributed by atoms with Crippen molar-refractivity contribution in [3.05, 3.63) is 0 Å². The summed E-state index contributed by atoms with van der Waals surface area (Å²) in [5, 5.41) is 9.27. The fourth-order valence-electron chi connectivity index (χ4n) is 6.72. The summed E-state index contributed by atoms with van der Waals surface area (Å²) in [6.45, 7) is 6.71. The molecule has 0 aromatic heterocycles. The van der Waals surface area contributed by atoms with E-state index in [0.29, 0.717) is 19.1 Å². The molecule has 4 nitrogen and oxygen atoms in total. The van der Waals surface area contributed by atoms with Crippen LogP contribution in [0.5, 0.6) is 0 Å². The Hall–Kier alpha value is 0.190. The molecule has 5 unspecified atom stereocenters. The van der Waals surface area contributed by atoms with Crippen LogP contribution in [0.15, 0.2) is 0 Å².